The Balaban J connectivity index is 1.66. The highest BCUT2D eigenvalue weighted by Gasteiger charge is 2.22. The van der Waals surface area contributed by atoms with E-state index < -0.39 is 0 Å². The number of carbonyl (C=O) groups is 1. The molecule has 0 fully saturated rings. The van der Waals surface area contributed by atoms with Crippen LogP contribution in [0.25, 0.3) is 0 Å². The van der Waals surface area contributed by atoms with Gasteiger partial charge in [0.05, 0.1) is 6.54 Å². The van der Waals surface area contributed by atoms with Crippen LogP contribution in [0.5, 0.6) is 0 Å². The topological polar surface area (TPSA) is 23.6 Å². The minimum atomic E-state index is 0.197. The summed E-state index contributed by atoms with van der Waals surface area (Å²) in [6, 6.07) is 18.6. The normalized spacial score (nSPS) is 13.0. The average molecular weight is 294 g/mol. The van der Waals surface area contributed by atoms with E-state index in [9.17, 15) is 4.79 Å². The van der Waals surface area contributed by atoms with Crippen molar-refractivity contribution in [2.24, 2.45) is 0 Å². The molecule has 2 aromatic carbocycles. The molecule has 1 heterocycles. The van der Waals surface area contributed by atoms with Gasteiger partial charge in [0.15, 0.2) is 0 Å². The zero-order valence-electron chi connectivity index (χ0n) is 13.0. The number of hydrogen-bond acceptors (Lipinski definition) is 2. The van der Waals surface area contributed by atoms with Gasteiger partial charge in [-0.25, -0.2) is 0 Å². The Morgan fingerprint density at radius 3 is 2.59 bits per heavy atom. The standard InChI is InChI=1S/C19H22N2O/c1-2-20(14-16-8-4-3-5-9-16)19(22)15-21-13-12-17-10-6-7-11-18(17)21/h3-11H,2,12-15H2,1H3. The van der Waals surface area contributed by atoms with E-state index in [1.165, 1.54) is 16.8 Å². The van der Waals surface area contributed by atoms with Gasteiger partial charge in [0.25, 0.3) is 0 Å². The van der Waals surface area contributed by atoms with Gasteiger partial charge in [0, 0.05) is 25.3 Å². The second kappa shape index (κ2) is 6.65. The van der Waals surface area contributed by atoms with Crippen molar-refractivity contribution in [3.05, 3.63) is 65.7 Å². The fourth-order valence-corrected chi connectivity index (χ4v) is 3.01. The van der Waals surface area contributed by atoms with Gasteiger partial charge < -0.3 is 9.80 Å². The van der Waals surface area contributed by atoms with E-state index in [0.29, 0.717) is 13.1 Å². The summed E-state index contributed by atoms with van der Waals surface area (Å²) in [6.07, 6.45) is 1.04. The number of nitrogens with zero attached hydrogens (tertiary/aromatic N) is 2. The number of anilines is 1. The highest BCUT2D eigenvalue weighted by Crippen LogP contribution is 2.27. The first-order valence-corrected chi connectivity index (χ1v) is 7.92. The van der Waals surface area contributed by atoms with Gasteiger partial charge in [-0.1, -0.05) is 48.5 Å². The van der Waals surface area contributed by atoms with Crippen molar-refractivity contribution in [2.45, 2.75) is 19.9 Å². The number of hydrogen-bond donors (Lipinski definition) is 0. The smallest absolute Gasteiger partial charge is 0.242 e. The lowest BCUT2D eigenvalue weighted by atomic mass is 10.2. The number of benzene rings is 2. The maximum absolute atomic E-state index is 12.6. The van der Waals surface area contributed by atoms with Crippen LogP contribution in [0.1, 0.15) is 18.1 Å². The van der Waals surface area contributed by atoms with Crippen molar-refractivity contribution < 1.29 is 4.79 Å². The minimum absolute atomic E-state index is 0.197. The highest BCUT2D eigenvalue weighted by atomic mass is 16.2. The van der Waals surface area contributed by atoms with E-state index in [2.05, 4.69) is 35.2 Å². The Kier molecular flexibility index (Phi) is 4.42. The lowest BCUT2D eigenvalue weighted by Crippen LogP contribution is -2.39. The van der Waals surface area contributed by atoms with Gasteiger partial charge in [-0.3, -0.25) is 4.79 Å². The summed E-state index contributed by atoms with van der Waals surface area (Å²) in [5, 5.41) is 0. The SMILES string of the molecule is CCN(Cc1ccccc1)C(=O)CN1CCc2ccccc21. The molecule has 1 amide bonds. The molecule has 114 valence electrons. The maximum atomic E-state index is 12.6. The van der Waals surface area contributed by atoms with E-state index >= 15 is 0 Å². The number of fused-ring (bicyclic) bond motifs is 1. The molecular formula is C19H22N2O. The number of amides is 1. The molecule has 3 nitrogen and oxygen atoms in total. The van der Waals surface area contributed by atoms with Crippen LogP contribution in [0.4, 0.5) is 5.69 Å². The van der Waals surface area contributed by atoms with Crippen molar-refractivity contribution in [3.63, 3.8) is 0 Å². The zero-order chi connectivity index (χ0) is 15.4. The van der Waals surface area contributed by atoms with Crippen LogP contribution in [0.3, 0.4) is 0 Å². The van der Waals surface area contributed by atoms with Crippen molar-refractivity contribution in [1.82, 2.24) is 4.90 Å². The monoisotopic (exact) mass is 294 g/mol. The molecule has 0 bridgehead atoms. The van der Waals surface area contributed by atoms with Crippen molar-refractivity contribution >= 4 is 11.6 Å². The molecule has 22 heavy (non-hydrogen) atoms. The Bertz CT molecular complexity index is 639. The largest absolute Gasteiger partial charge is 0.362 e. The molecule has 3 heteroatoms. The quantitative estimate of drug-likeness (QED) is 0.846. The molecule has 0 saturated carbocycles. The fourth-order valence-electron chi connectivity index (χ4n) is 3.01. The van der Waals surface area contributed by atoms with E-state index in [1.54, 1.807) is 0 Å². The van der Waals surface area contributed by atoms with Crippen LogP contribution in [0, 0.1) is 0 Å². The molecule has 0 atom stereocenters. The molecule has 0 saturated heterocycles. The third-order valence-electron chi connectivity index (χ3n) is 4.26. The van der Waals surface area contributed by atoms with Crippen LogP contribution < -0.4 is 4.90 Å². The first kappa shape index (κ1) is 14.6. The lowest BCUT2D eigenvalue weighted by molar-refractivity contribution is -0.130. The third kappa shape index (κ3) is 3.14. The predicted molar refractivity (Wildman–Crippen MR) is 89.9 cm³/mol. The maximum Gasteiger partial charge on any atom is 0.242 e. The summed E-state index contributed by atoms with van der Waals surface area (Å²) in [5.41, 5.74) is 3.74. The summed E-state index contributed by atoms with van der Waals surface area (Å²) in [6.45, 7) is 4.87. The van der Waals surface area contributed by atoms with Crippen LogP contribution >= 0.6 is 0 Å². The summed E-state index contributed by atoms with van der Waals surface area (Å²) in [4.78, 5) is 16.8. The molecule has 1 aliphatic rings. The number of para-hydroxylation sites is 1. The van der Waals surface area contributed by atoms with Gasteiger partial charge in [-0.05, 0) is 30.5 Å². The molecule has 0 unspecified atom stereocenters. The Labute approximate surface area is 132 Å². The Morgan fingerprint density at radius 2 is 1.82 bits per heavy atom. The van der Waals surface area contributed by atoms with Gasteiger partial charge in [0.1, 0.15) is 0 Å². The highest BCUT2D eigenvalue weighted by molar-refractivity contribution is 5.82. The fraction of sp³-hybridized carbons (Fsp3) is 0.316. The molecule has 0 spiro atoms. The van der Waals surface area contributed by atoms with E-state index in [1.807, 2.05) is 36.1 Å². The summed E-state index contributed by atoms with van der Waals surface area (Å²) >= 11 is 0. The summed E-state index contributed by atoms with van der Waals surface area (Å²) < 4.78 is 0. The Hall–Kier alpha value is -2.29. The summed E-state index contributed by atoms with van der Waals surface area (Å²) in [5.74, 6) is 0.197. The number of rotatable bonds is 5. The zero-order valence-corrected chi connectivity index (χ0v) is 13.0. The van der Waals surface area contributed by atoms with Crippen molar-refractivity contribution in [3.8, 4) is 0 Å². The van der Waals surface area contributed by atoms with Crippen LogP contribution in [-0.2, 0) is 17.8 Å². The van der Waals surface area contributed by atoms with Crippen molar-refractivity contribution in [2.75, 3.05) is 24.5 Å². The van der Waals surface area contributed by atoms with Gasteiger partial charge >= 0.3 is 0 Å². The second-order valence-electron chi connectivity index (χ2n) is 5.69. The van der Waals surface area contributed by atoms with E-state index in [4.69, 9.17) is 0 Å². The molecular weight excluding hydrogens is 272 g/mol. The third-order valence-corrected chi connectivity index (χ3v) is 4.26. The van der Waals surface area contributed by atoms with Crippen LogP contribution in [0.15, 0.2) is 54.6 Å². The molecule has 1 aliphatic heterocycles. The molecule has 0 N–H and O–H groups in total. The van der Waals surface area contributed by atoms with E-state index in [0.717, 1.165) is 19.5 Å². The van der Waals surface area contributed by atoms with Crippen LogP contribution in [-0.4, -0.2) is 30.4 Å². The van der Waals surface area contributed by atoms with Crippen LogP contribution in [0.2, 0.25) is 0 Å². The molecule has 2 aromatic rings. The molecule has 0 aliphatic carbocycles. The summed E-state index contributed by atoms with van der Waals surface area (Å²) in [7, 11) is 0. The van der Waals surface area contributed by atoms with Gasteiger partial charge in [-0.15, -0.1) is 0 Å². The predicted octanol–water partition coefficient (Wildman–Crippen LogP) is 3.10. The first-order valence-electron chi connectivity index (χ1n) is 7.92. The number of carbonyl (C=O) groups excluding carboxylic acids is 1. The molecule has 3 rings (SSSR count). The van der Waals surface area contributed by atoms with E-state index in [-0.39, 0.29) is 5.91 Å². The van der Waals surface area contributed by atoms with Gasteiger partial charge in [0.2, 0.25) is 5.91 Å². The first-order chi connectivity index (χ1) is 10.8. The second-order valence-corrected chi connectivity index (χ2v) is 5.69. The lowest BCUT2D eigenvalue weighted by Gasteiger charge is -2.25. The average Bonchev–Trinajstić information content (AvgIpc) is 2.97. The Morgan fingerprint density at radius 1 is 1.09 bits per heavy atom. The molecule has 0 aromatic heterocycles. The number of likely N-dealkylation sites (N-methyl/N-ethyl adjacent to an activating group) is 1. The molecule has 0 radical (unpaired) electrons. The minimum Gasteiger partial charge on any atom is -0.362 e. The van der Waals surface area contributed by atoms with Crippen molar-refractivity contribution in [1.29, 1.82) is 0 Å². The van der Waals surface area contributed by atoms with Gasteiger partial charge in [-0.2, -0.15) is 0 Å².